The first-order chi connectivity index (χ1) is 9.83. The van der Waals surface area contributed by atoms with Crippen LogP contribution in [0.3, 0.4) is 0 Å². The van der Waals surface area contributed by atoms with E-state index in [9.17, 15) is 0 Å². The topological polar surface area (TPSA) is 53.9 Å². The van der Waals surface area contributed by atoms with Gasteiger partial charge in [0.15, 0.2) is 5.76 Å². The fourth-order valence-electron chi connectivity index (χ4n) is 2.12. The van der Waals surface area contributed by atoms with Crippen molar-refractivity contribution in [3.05, 3.63) is 52.0 Å². The van der Waals surface area contributed by atoms with Crippen LogP contribution in [0.4, 0.5) is 0 Å². The fourth-order valence-corrected chi connectivity index (χ4v) is 2.82. The molecule has 0 saturated heterocycles. The molecule has 104 valence electrons. The first-order valence-corrected chi connectivity index (χ1v) is 7.58. The third kappa shape index (κ3) is 3.00. The van der Waals surface area contributed by atoms with Crippen LogP contribution in [0, 0.1) is 6.92 Å². The molecular formula is C15H17N3OS. The third-order valence-corrected chi connectivity index (χ3v) is 3.92. The van der Waals surface area contributed by atoms with Gasteiger partial charge in [-0.3, -0.25) is 5.10 Å². The van der Waals surface area contributed by atoms with Gasteiger partial charge in [0.25, 0.3) is 0 Å². The van der Waals surface area contributed by atoms with Crippen LogP contribution in [0.15, 0.2) is 39.6 Å². The number of H-pyrrole nitrogens is 1. The van der Waals surface area contributed by atoms with Crippen molar-refractivity contribution in [2.75, 3.05) is 6.54 Å². The van der Waals surface area contributed by atoms with Gasteiger partial charge in [-0.2, -0.15) is 16.4 Å². The molecule has 2 N–H and O–H groups in total. The highest BCUT2D eigenvalue weighted by Crippen LogP contribution is 2.23. The van der Waals surface area contributed by atoms with Crippen LogP contribution in [0.5, 0.6) is 0 Å². The molecule has 5 heteroatoms. The van der Waals surface area contributed by atoms with Crippen molar-refractivity contribution in [3.8, 4) is 11.5 Å². The molecule has 0 aliphatic rings. The van der Waals surface area contributed by atoms with Gasteiger partial charge in [0.2, 0.25) is 0 Å². The zero-order chi connectivity index (χ0) is 13.8. The lowest BCUT2D eigenvalue weighted by Gasteiger charge is -2.03. The zero-order valence-corrected chi connectivity index (χ0v) is 12.2. The number of furan rings is 1. The summed E-state index contributed by atoms with van der Waals surface area (Å²) in [6.07, 6.45) is 2.90. The second kappa shape index (κ2) is 6.07. The maximum absolute atomic E-state index is 5.64. The number of rotatable bonds is 6. The van der Waals surface area contributed by atoms with Crippen molar-refractivity contribution in [1.82, 2.24) is 15.5 Å². The molecule has 0 atom stereocenters. The number of thiophene rings is 1. The summed E-state index contributed by atoms with van der Waals surface area (Å²) in [6, 6.07) is 6.10. The second-order valence-corrected chi connectivity index (χ2v) is 5.52. The fraction of sp³-hybridized carbons (Fsp3) is 0.267. The molecule has 0 unspecified atom stereocenters. The van der Waals surface area contributed by atoms with Gasteiger partial charge in [0.05, 0.1) is 6.20 Å². The highest BCUT2D eigenvalue weighted by atomic mass is 32.1. The van der Waals surface area contributed by atoms with E-state index in [1.165, 1.54) is 5.56 Å². The van der Waals surface area contributed by atoms with E-state index in [0.717, 1.165) is 42.3 Å². The molecule has 3 rings (SSSR count). The first kappa shape index (κ1) is 13.1. The lowest BCUT2D eigenvalue weighted by atomic mass is 10.2. The van der Waals surface area contributed by atoms with E-state index in [1.807, 2.05) is 25.3 Å². The summed E-state index contributed by atoms with van der Waals surface area (Å²) in [6.45, 7) is 3.69. The lowest BCUT2D eigenvalue weighted by molar-refractivity contribution is 0.545. The molecule has 3 aromatic rings. The predicted octanol–water partition coefficient (Wildman–Crippen LogP) is 3.37. The Labute approximate surface area is 121 Å². The van der Waals surface area contributed by atoms with Gasteiger partial charge in [-0.25, -0.2) is 0 Å². The summed E-state index contributed by atoms with van der Waals surface area (Å²) >= 11 is 1.74. The van der Waals surface area contributed by atoms with Crippen LogP contribution >= 0.6 is 11.3 Å². The van der Waals surface area contributed by atoms with Gasteiger partial charge < -0.3 is 9.73 Å². The Morgan fingerprint density at radius 3 is 3.05 bits per heavy atom. The largest absolute Gasteiger partial charge is 0.460 e. The Bertz CT molecular complexity index is 654. The smallest absolute Gasteiger partial charge is 0.152 e. The molecule has 0 aliphatic heterocycles. The van der Waals surface area contributed by atoms with Crippen molar-refractivity contribution in [3.63, 3.8) is 0 Å². The highest BCUT2D eigenvalue weighted by molar-refractivity contribution is 7.07. The Morgan fingerprint density at radius 2 is 2.30 bits per heavy atom. The zero-order valence-electron chi connectivity index (χ0n) is 11.3. The Kier molecular flexibility index (Phi) is 3.99. The highest BCUT2D eigenvalue weighted by Gasteiger charge is 2.10. The van der Waals surface area contributed by atoms with Crippen LogP contribution < -0.4 is 5.32 Å². The minimum absolute atomic E-state index is 0.787. The number of aryl methyl sites for hydroxylation is 1. The van der Waals surface area contributed by atoms with Crippen LogP contribution in [0.25, 0.3) is 11.5 Å². The summed E-state index contributed by atoms with van der Waals surface area (Å²) < 4.78 is 5.64. The normalized spacial score (nSPS) is 11.1. The molecule has 0 fully saturated rings. The van der Waals surface area contributed by atoms with E-state index in [4.69, 9.17) is 4.42 Å². The number of hydrogen-bond acceptors (Lipinski definition) is 4. The second-order valence-electron chi connectivity index (χ2n) is 4.74. The molecule has 3 heterocycles. The van der Waals surface area contributed by atoms with E-state index >= 15 is 0 Å². The molecule has 0 spiro atoms. The van der Waals surface area contributed by atoms with Gasteiger partial charge in [0.1, 0.15) is 11.5 Å². The Morgan fingerprint density at radius 1 is 1.35 bits per heavy atom. The Hall–Kier alpha value is -1.85. The monoisotopic (exact) mass is 287 g/mol. The van der Waals surface area contributed by atoms with Gasteiger partial charge in [-0.05, 0) is 54.4 Å². The average molecular weight is 287 g/mol. The number of nitrogens with one attached hydrogen (secondary N) is 2. The van der Waals surface area contributed by atoms with Crippen molar-refractivity contribution >= 4 is 11.3 Å². The molecule has 0 bridgehead atoms. The molecule has 0 radical (unpaired) electrons. The van der Waals surface area contributed by atoms with Crippen molar-refractivity contribution in [2.24, 2.45) is 0 Å². The lowest BCUT2D eigenvalue weighted by Crippen LogP contribution is -2.16. The summed E-state index contributed by atoms with van der Waals surface area (Å²) in [5.41, 5.74) is 3.47. The number of aromatic amines is 1. The molecule has 4 nitrogen and oxygen atoms in total. The minimum atomic E-state index is 0.787. The van der Waals surface area contributed by atoms with Gasteiger partial charge in [-0.1, -0.05) is 0 Å². The molecule has 0 aromatic carbocycles. The number of nitrogens with zero attached hydrogens (tertiary/aromatic N) is 1. The Balaban J connectivity index is 1.57. The molecular weight excluding hydrogens is 270 g/mol. The predicted molar refractivity (Wildman–Crippen MR) is 80.8 cm³/mol. The number of hydrogen-bond donors (Lipinski definition) is 2. The van der Waals surface area contributed by atoms with Gasteiger partial charge in [-0.15, -0.1) is 0 Å². The van der Waals surface area contributed by atoms with E-state index in [2.05, 4.69) is 32.3 Å². The van der Waals surface area contributed by atoms with Crippen LogP contribution in [0.2, 0.25) is 0 Å². The number of aromatic nitrogens is 2. The summed E-state index contributed by atoms with van der Waals surface area (Å²) in [4.78, 5) is 0. The SMILES string of the molecule is Cc1ccc(-c2[nH]ncc2CNCCc2ccsc2)o1. The standard InChI is InChI=1S/C15H17N3OS/c1-11-2-3-14(19-11)15-13(9-17-18-15)8-16-6-4-12-5-7-20-10-12/h2-3,5,7,9-10,16H,4,6,8H2,1H3,(H,17,18). The maximum Gasteiger partial charge on any atom is 0.152 e. The van der Waals surface area contributed by atoms with E-state index in [1.54, 1.807) is 11.3 Å². The van der Waals surface area contributed by atoms with Crippen LogP contribution in [-0.4, -0.2) is 16.7 Å². The first-order valence-electron chi connectivity index (χ1n) is 6.64. The minimum Gasteiger partial charge on any atom is -0.460 e. The summed E-state index contributed by atoms with van der Waals surface area (Å²) in [7, 11) is 0. The van der Waals surface area contributed by atoms with Crippen LogP contribution in [-0.2, 0) is 13.0 Å². The van der Waals surface area contributed by atoms with Gasteiger partial charge >= 0.3 is 0 Å². The van der Waals surface area contributed by atoms with Gasteiger partial charge in [0, 0.05) is 12.1 Å². The quantitative estimate of drug-likeness (QED) is 0.683. The summed E-state index contributed by atoms with van der Waals surface area (Å²) in [5.74, 6) is 1.75. The van der Waals surface area contributed by atoms with E-state index in [-0.39, 0.29) is 0 Å². The van der Waals surface area contributed by atoms with Crippen LogP contribution in [0.1, 0.15) is 16.9 Å². The third-order valence-electron chi connectivity index (χ3n) is 3.19. The molecule has 0 aliphatic carbocycles. The molecule has 3 aromatic heterocycles. The maximum atomic E-state index is 5.64. The summed E-state index contributed by atoms with van der Waals surface area (Å²) in [5, 5.41) is 14.9. The van der Waals surface area contributed by atoms with E-state index < -0.39 is 0 Å². The molecule has 0 amide bonds. The molecule has 20 heavy (non-hydrogen) atoms. The average Bonchev–Trinajstić information content (AvgIpc) is 3.16. The van der Waals surface area contributed by atoms with E-state index in [0.29, 0.717) is 0 Å². The van der Waals surface area contributed by atoms with Crippen molar-refractivity contribution in [1.29, 1.82) is 0 Å². The van der Waals surface area contributed by atoms with Crippen molar-refractivity contribution < 1.29 is 4.42 Å². The van der Waals surface area contributed by atoms with Crippen molar-refractivity contribution in [2.45, 2.75) is 19.9 Å². The molecule has 0 saturated carbocycles.